The number of nitrogens with one attached hydrogen (secondary N) is 3. The molecule has 2 aromatic carbocycles. The molecule has 0 saturated heterocycles. The van der Waals surface area contributed by atoms with Gasteiger partial charge in [0, 0.05) is 12.8 Å². The number of carboxylic acids is 1. The number of benzene rings is 2. The summed E-state index contributed by atoms with van der Waals surface area (Å²) in [7, 11) is 0. The van der Waals surface area contributed by atoms with Crippen molar-refractivity contribution in [1.82, 2.24) is 16.0 Å². The largest absolute Gasteiger partial charge is 0.508 e. The topological polar surface area (TPSA) is 217 Å². The number of carbonyl (C=O) groups is 4. The van der Waals surface area contributed by atoms with Gasteiger partial charge in [0.15, 0.2) is 0 Å². The number of phenols is 2. The molecule has 0 spiro atoms. The van der Waals surface area contributed by atoms with Gasteiger partial charge in [-0.15, -0.1) is 0 Å². The number of unbranched alkanes of at least 4 members (excludes halogenated alkanes) is 1. The van der Waals surface area contributed by atoms with Gasteiger partial charge in [0.05, 0.1) is 6.04 Å². The fourth-order valence-corrected chi connectivity index (χ4v) is 4.58. The predicted octanol–water partition coefficient (Wildman–Crippen LogP) is 0.631. The summed E-state index contributed by atoms with van der Waals surface area (Å²) in [6.07, 6.45) is 3.73. The Kier molecular flexibility index (Phi) is 14.6. The molecular formula is C29H41N5O7S. The van der Waals surface area contributed by atoms with Gasteiger partial charge in [-0.05, 0) is 73.2 Å². The van der Waals surface area contributed by atoms with Gasteiger partial charge in [-0.25, -0.2) is 4.79 Å². The van der Waals surface area contributed by atoms with Crippen molar-refractivity contribution in [3.8, 4) is 11.5 Å². The lowest BCUT2D eigenvalue weighted by molar-refractivity contribution is -0.142. The zero-order chi connectivity index (χ0) is 31.1. The smallest absolute Gasteiger partial charge is 0.326 e. The maximum atomic E-state index is 13.6. The van der Waals surface area contributed by atoms with Gasteiger partial charge in [0.25, 0.3) is 0 Å². The number of hydrogen-bond donors (Lipinski definition) is 8. The third-order valence-electron chi connectivity index (χ3n) is 6.55. The molecule has 2 aromatic rings. The average molecular weight is 604 g/mol. The zero-order valence-electron chi connectivity index (χ0n) is 23.6. The highest BCUT2D eigenvalue weighted by Gasteiger charge is 2.30. The summed E-state index contributed by atoms with van der Waals surface area (Å²) in [6, 6.07) is 7.77. The SMILES string of the molecule is CSCCC(NC(=O)C(Cc1ccc(O)cc1)NC(=O)C(Cc1ccc(O)cc1)NC(=O)C(N)CCCCN)C(=O)O. The highest BCUT2D eigenvalue weighted by molar-refractivity contribution is 7.98. The van der Waals surface area contributed by atoms with Gasteiger partial charge in [0.2, 0.25) is 17.7 Å². The molecule has 13 heteroatoms. The normalized spacial score (nSPS) is 13.8. The van der Waals surface area contributed by atoms with Crippen LogP contribution in [0.1, 0.15) is 36.8 Å². The van der Waals surface area contributed by atoms with Crippen LogP contribution in [0.15, 0.2) is 48.5 Å². The summed E-state index contributed by atoms with van der Waals surface area (Å²) in [4.78, 5) is 51.6. The van der Waals surface area contributed by atoms with Gasteiger partial charge in [-0.1, -0.05) is 30.7 Å². The van der Waals surface area contributed by atoms with Crippen molar-refractivity contribution >= 4 is 35.5 Å². The highest BCUT2D eigenvalue weighted by atomic mass is 32.2. The van der Waals surface area contributed by atoms with E-state index < -0.39 is 47.9 Å². The molecule has 3 amide bonds. The molecule has 230 valence electrons. The summed E-state index contributed by atoms with van der Waals surface area (Å²) in [5.74, 6) is -2.59. The van der Waals surface area contributed by atoms with Crippen LogP contribution in [0, 0.1) is 0 Å². The van der Waals surface area contributed by atoms with Crippen LogP contribution < -0.4 is 27.4 Å². The number of carboxylic acid groups (broad SMARTS) is 1. The Bertz CT molecular complexity index is 1160. The van der Waals surface area contributed by atoms with E-state index in [1.54, 1.807) is 24.3 Å². The molecule has 42 heavy (non-hydrogen) atoms. The first-order valence-electron chi connectivity index (χ1n) is 13.7. The lowest BCUT2D eigenvalue weighted by atomic mass is 10.0. The van der Waals surface area contributed by atoms with Crippen LogP contribution in [0.2, 0.25) is 0 Å². The molecule has 0 saturated carbocycles. The van der Waals surface area contributed by atoms with Crippen molar-refractivity contribution in [3.63, 3.8) is 0 Å². The Morgan fingerprint density at radius 3 is 1.62 bits per heavy atom. The number of amides is 3. The van der Waals surface area contributed by atoms with Crippen molar-refractivity contribution in [3.05, 3.63) is 59.7 Å². The van der Waals surface area contributed by atoms with E-state index in [2.05, 4.69) is 16.0 Å². The molecule has 0 aromatic heterocycles. The molecule has 0 fully saturated rings. The monoisotopic (exact) mass is 603 g/mol. The third-order valence-corrected chi connectivity index (χ3v) is 7.19. The molecule has 0 aliphatic heterocycles. The first-order valence-corrected chi connectivity index (χ1v) is 15.1. The van der Waals surface area contributed by atoms with Crippen molar-refractivity contribution in [2.45, 2.75) is 62.7 Å². The van der Waals surface area contributed by atoms with Gasteiger partial charge in [0.1, 0.15) is 29.6 Å². The van der Waals surface area contributed by atoms with Crippen LogP contribution in [-0.4, -0.2) is 81.7 Å². The molecule has 2 rings (SSSR count). The minimum Gasteiger partial charge on any atom is -0.508 e. The van der Waals surface area contributed by atoms with E-state index in [0.717, 1.165) is 0 Å². The quantitative estimate of drug-likeness (QED) is 0.111. The molecule has 10 N–H and O–H groups in total. The first-order chi connectivity index (χ1) is 20.0. The van der Waals surface area contributed by atoms with E-state index in [9.17, 15) is 34.5 Å². The lowest BCUT2D eigenvalue weighted by Gasteiger charge is -2.25. The van der Waals surface area contributed by atoms with Crippen LogP contribution in [0.4, 0.5) is 0 Å². The number of rotatable bonds is 18. The first kappa shape index (κ1) is 34.4. The number of hydrogen-bond acceptors (Lipinski definition) is 9. The van der Waals surface area contributed by atoms with E-state index in [1.807, 2.05) is 6.26 Å². The predicted molar refractivity (Wildman–Crippen MR) is 161 cm³/mol. The molecule has 4 unspecified atom stereocenters. The summed E-state index contributed by atoms with van der Waals surface area (Å²) in [6.45, 7) is 0.463. The van der Waals surface area contributed by atoms with Gasteiger partial charge in [-0.3, -0.25) is 14.4 Å². The molecule has 0 aliphatic carbocycles. The second kappa shape index (κ2) is 17.9. The van der Waals surface area contributed by atoms with E-state index >= 15 is 0 Å². The van der Waals surface area contributed by atoms with Crippen LogP contribution in [-0.2, 0) is 32.0 Å². The second-order valence-corrected chi connectivity index (χ2v) is 10.9. The fraction of sp³-hybridized carbons (Fsp3) is 0.448. The maximum Gasteiger partial charge on any atom is 0.326 e. The standard InChI is InChI=1S/C29H41N5O7S/c1-42-15-13-23(29(40)41)32-27(38)25(17-19-7-11-21(36)12-8-19)34-28(39)24(16-18-5-9-20(35)10-6-18)33-26(37)22(31)4-2-3-14-30/h5-12,22-25,35-36H,2-4,13-17,30-31H2,1H3,(H,32,38)(H,33,37)(H,34,39)(H,40,41). The average Bonchev–Trinajstić information content (AvgIpc) is 2.96. The fourth-order valence-electron chi connectivity index (χ4n) is 4.11. The van der Waals surface area contributed by atoms with E-state index in [0.29, 0.717) is 42.7 Å². The van der Waals surface area contributed by atoms with E-state index in [1.165, 1.54) is 36.0 Å². The summed E-state index contributed by atoms with van der Waals surface area (Å²) in [5, 5.41) is 36.8. The van der Waals surface area contributed by atoms with Crippen LogP contribution in [0.5, 0.6) is 11.5 Å². The summed E-state index contributed by atoms with van der Waals surface area (Å²) >= 11 is 1.44. The van der Waals surface area contributed by atoms with Crippen molar-refractivity contribution in [2.75, 3.05) is 18.6 Å². The maximum absolute atomic E-state index is 13.6. The number of thioether (sulfide) groups is 1. The number of aromatic hydroxyl groups is 2. The second-order valence-electron chi connectivity index (χ2n) is 9.94. The van der Waals surface area contributed by atoms with Gasteiger partial charge < -0.3 is 42.7 Å². The highest BCUT2D eigenvalue weighted by Crippen LogP contribution is 2.14. The molecule has 0 heterocycles. The van der Waals surface area contributed by atoms with Crippen molar-refractivity contribution < 1.29 is 34.5 Å². The molecule has 0 aliphatic rings. The Morgan fingerprint density at radius 1 is 0.738 bits per heavy atom. The van der Waals surface area contributed by atoms with Crippen molar-refractivity contribution in [1.29, 1.82) is 0 Å². The summed E-state index contributed by atoms with van der Waals surface area (Å²) < 4.78 is 0. The minimum atomic E-state index is -1.20. The lowest BCUT2D eigenvalue weighted by Crippen LogP contribution is -2.58. The molecular weight excluding hydrogens is 562 g/mol. The van der Waals surface area contributed by atoms with Crippen molar-refractivity contribution in [2.24, 2.45) is 11.5 Å². The molecule has 4 atom stereocenters. The Hall–Kier alpha value is -3.81. The summed E-state index contributed by atoms with van der Waals surface area (Å²) in [5.41, 5.74) is 12.8. The molecule has 12 nitrogen and oxygen atoms in total. The Morgan fingerprint density at radius 2 is 1.19 bits per heavy atom. The zero-order valence-corrected chi connectivity index (χ0v) is 24.4. The third kappa shape index (κ3) is 12.0. The Balaban J connectivity index is 2.30. The van der Waals surface area contributed by atoms with Crippen LogP contribution in [0.3, 0.4) is 0 Å². The number of phenolic OH excluding ortho intramolecular Hbond substituents is 2. The minimum absolute atomic E-state index is 0.00873. The van der Waals surface area contributed by atoms with Crippen LogP contribution in [0.25, 0.3) is 0 Å². The van der Waals surface area contributed by atoms with E-state index in [4.69, 9.17) is 11.5 Å². The van der Waals surface area contributed by atoms with Crippen LogP contribution >= 0.6 is 11.8 Å². The molecule has 0 bridgehead atoms. The number of aliphatic carboxylic acids is 1. The number of carbonyl (C=O) groups excluding carboxylic acids is 3. The van der Waals surface area contributed by atoms with Gasteiger partial charge in [-0.2, -0.15) is 11.8 Å². The number of nitrogens with two attached hydrogens (primary N) is 2. The van der Waals surface area contributed by atoms with Gasteiger partial charge >= 0.3 is 5.97 Å². The molecule has 0 radical (unpaired) electrons. The Labute approximate surface area is 249 Å². The van der Waals surface area contributed by atoms with E-state index in [-0.39, 0.29) is 30.8 Å².